The van der Waals surface area contributed by atoms with E-state index in [1.54, 1.807) is 19.2 Å². The van der Waals surface area contributed by atoms with Gasteiger partial charge in [0.05, 0.1) is 0 Å². The number of rotatable bonds is 5. The zero-order valence-corrected chi connectivity index (χ0v) is 12.4. The molecule has 2 atom stereocenters. The fraction of sp³-hybridized carbons (Fsp3) is 0.562. The van der Waals surface area contributed by atoms with Gasteiger partial charge in [0, 0.05) is 19.8 Å². The molecule has 1 spiro atoms. The molecule has 1 saturated carbocycles. The van der Waals surface area contributed by atoms with Crippen LogP contribution in [0.25, 0.3) is 0 Å². The highest BCUT2D eigenvalue weighted by Gasteiger charge is 2.60. The quantitative estimate of drug-likeness (QED) is 0.904. The van der Waals surface area contributed by atoms with Crippen LogP contribution >= 0.6 is 0 Å². The highest BCUT2D eigenvalue weighted by atomic mass is 19.1. The third kappa shape index (κ3) is 2.56. The van der Waals surface area contributed by atoms with Gasteiger partial charge in [-0.25, -0.2) is 4.39 Å². The first-order chi connectivity index (χ1) is 10.1. The lowest BCUT2D eigenvalue weighted by atomic mass is 10.1. The van der Waals surface area contributed by atoms with Crippen molar-refractivity contribution in [2.45, 2.75) is 43.9 Å². The van der Waals surface area contributed by atoms with Crippen LogP contribution in [0.15, 0.2) is 24.3 Å². The fourth-order valence-corrected chi connectivity index (χ4v) is 3.01. The second-order valence-electron chi connectivity index (χ2n) is 6.02. The Labute approximate surface area is 124 Å². The van der Waals surface area contributed by atoms with E-state index in [9.17, 15) is 9.18 Å². The molecule has 1 aromatic rings. The predicted octanol–water partition coefficient (Wildman–Crippen LogP) is 2.21. The first kappa shape index (κ1) is 14.5. The Kier molecular flexibility index (Phi) is 3.71. The van der Waals surface area contributed by atoms with Crippen LogP contribution in [-0.2, 0) is 9.53 Å². The molecule has 1 heterocycles. The molecule has 1 N–H and O–H groups in total. The van der Waals surface area contributed by atoms with E-state index in [0.29, 0.717) is 6.61 Å². The molecular formula is C16H21FN2O2. The summed E-state index contributed by atoms with van der Waals surface area (Å²) in [7, 11) is 1.66. The molecule has 1 aliphatic heterocycles. The van der Waals surface area contributed by atoms with Gasteiger partial charge in [-0.15, -0.1) is 0 Å². The number of carbonyl (C=O) groups excluding carboxylic acids is 1. The van der Waals surface area contributed by atoms with E-state index in [4.69, 9.17) is 4.74 Å². The van der Waals surface area contributed by atoms with Gasteiger partial charge in [0.2, 0.25) is 5.91 Å². The van der Waals surface area contributed by atoms with Crippen LogP contribution in [0, 0.1) is 5.82 Å². The van der Waals surface area contributed by atoms with Crippen molar-refractivity contribution in [3.05, 3.63) is 35.6 Å². The number of hydrogen-bond acceptors (Lipinski definition) is 3. The summed E-state index contributed by atoms with van der Waals surface area (Å²) >= 11 is 0. The number of hydrogen-bond donors (Lipinski definition) is 1. The summed E-state index contributed by atoms with van der Waals surface area (Å²) < 4.78 is 18.2. The normalized spacial score (nSPS) is 24.6. The molecule has 5 heteroatoms. The summed E-state index contributed by atoms with van der Waals surface area (Å²) in [6, 6.07) is 6.46. The molecule has 0 bridgehead atoms. The van der Waals surface area contributed by atoms with Crippen molar-refractivity contribution in [3.63, 3.8) is 0 Å². The number of benzene rings is 1. The number of halogens is 1. The molecule has 1 saturated heterocycles. The standard InChI is InChI=1S/C16H21FN2O2/c1-11(7-10-21-2)19-14(12-3-5-13(17)6-4-12)18-16(8-9-16)15(19)20/h3-6,11,14,18H,7-10H2,1-2H3. The van der Waals surface area contributed by atoms with Gasteiger partial charge >= 0.3 is 0 Å². The molecule has 114 valence electrons. The SMILES string of the molecule is COCCC(C)N1C(=O)C2(CC2)NC1c1ccc(F)cc1. The van der Waals surface area contributed by atoms with Crippen molar-refractivity contribution in [1.29, 1.82) is 0 Å². The number of nitrogens with one attached hydrogen (secondary N) is 1. The first-order valence-electron chi connectivity index (χ1n) is 7.42. The lowest BCUT2D eigenvalue weighted by molar-refractivity contribution is -0.133. The maximum Gasteiger partial charge on any atom is 0.244 e. The molecule has 1 aromatic carbocycles. The minimum absolute atomic E-state index is 0.0833. The summed E-state index contributed by atoms with van der Waals surface area (Å²) in [4.78, 5) is 14.6. The van der Waals surface area contributed by atoms with E-state index < -0.39 is 0 Å². The Morgan fingerprint density at radius 1 is 1.43 bits per heavy atom. The van der Waals surface area contributed by atoms with Crippen LogP contribution in [0.4, 0.5) is 4.39 Å². The predicted molar refractivity (Wildman–Crippen MR) is 77.0 cm³/mol. The number of ether oxygens (including phenoxy) is 1. The third-order valence-electron chi connectivity index (χ3n) is 4.49. The molecular weight excluding hydrogens is 271 g/mol. The molecule has 2 fully saturated rings. The van der Waals surface area contributed by atoms with Crippen LogP contribution in [0.5, 0.6) is 0 Å². The highest BCUT2D eigenvalue weighted by molar-refractivity contribution is 5.92. The molecule has 21 heavy (non-hydrogen) atoms. The van der Waals surface area contributed by atoms with Crippen LogP contribution in [-0.4, -0.2) is 36.1 Å². The largest absolute Gasteiger partial charge is 0.385 e. The van der Waals surface area contributed by atoms with Gasteiger partial charge in [0.15, 0.2) is 0 Å². The van der Waals surface area contributed by atoms with E-state index in [2.05, 4.69) is 5.32 Å². The third-order valence-corrected chi connectivity index (χ3v) is 4.49. The summed E-state index contributed by atoms with van der Waals surface area (Å²) in [5.74, 6) is -0.0939. The summed E-state index contributed by atoms with van der Waals surface area (Å²) in [6.45, 7) is 2.66. The smallest absolute Gasteiger partial charge is 0.244 e. The molecule has 1 aliphatic carbocycles. The second-order valence-corrected chi connectivity index (χ2v) is 6.02. The minimum atomic E-state index is -0.375. The summed E-state index contributed by atoms with van der Waals surface area (Å²) in [6.07, 6.45) is 2.39. The number of nitrogens with zero attached hydrogens (tertiary/aromatic N) is 1. The van der Waals surface area contributed by atoms with Gasteiger partial charge < -0.3 is 9.64 Å². The Hall–Kier alpha value is -1.46. The number of amides is 1. The molecule has 3 rings (SSSR count). The van der Waals surface area contributed by atoms with Crippen LogP contribution in [0.3, 0.4) is 0 Å². The number of methoxy groups -OCH3 is 1. The molecule has 2 aliphatic rings. The van der Waals surface area contributed by atoms with E-state index in [1.807, 2.05) is 11.8 Å². The number of carbonyl (C=O) groups is 1. The Balaban J connectivity index is 1.85. The van der Waals surface area contributed by atoms with Gasteiger partial charge in [-0.1, -0.05) is 12.1 Å². The van der Waals surface area contributed by atoms with E-state index in [-0.39, 0.29) is 29.5 Å². The van der Waals surface area contributed by atoms with Gasteiger partial charge in [0.25, 0.3) is 0 Å². The minimum Gasteiger partial charge on any atom is -0.385 e. The van der Waals surface area contributed by atoms with E-state index in [0.717, 1.165) is 24.8 Å². The lowest BCUT2D eigenvalue weighted by Crippen LogP contribution is -2.39. The summed E-state index contributed by atoms with van der Waals surface area (Å²) in [5.41, 5.74) is 0.554. The molecule has 0 radical (unpaired) electrons. The highest BCUT2D eigenvalue weighted by Crippen LogP contribution is 2.46. The molecule has 1 amide bonds. The van der Waals surface area contributed by atoms with Gasteiger partial charge in [-0.3, -0.25) is 10.1 Å². The molecule has 2 unspecified atom stereocenters. The monoisotopic (exact) mass is 292 g/mol. The van der Waals surface area contributed by atoms with Crippen molar-refractivity contribution in [1.82, 2.24) is 10.2 Å². The molecule has 4 nitrogen and oxygen atoms in total. The average Bonchev–Trinajstić information content (AvgIpc) is 3.19. The maximum atomic E-state index is 13.1. The van der Waals surface area contributed by atoms with Crippen molar-refractivity contribution in [2.24, 2.45) is 0 Å². The Morgan fingerprint density at radius 2 is 2.10 bits per heavy atom. The van der Waals surface area contributed by atoms with Crippen LogP contribution < -0.4 is 5.32 Å². The summed E-state index contributed by atoms with van der Waals surface area (Å²) in [5, 5.41) is 3.45. The second kappa shape index (κ2) is 5.39. The molecule has 0 aromatic heterocycles. The van der Waals surface area contributed by atoms with Crippen LogP contribution in [0.2, 0.25) is 0 Å². The van der Waals surface area contributed by atoms with Gasteiger partial charge in [-0.05, 0) is 43.9 Å². The van der Waals surface area contributed by atoms with Crippen molar-refractivity contribution in [2.75, 3.05) is 13.7 Å². The fourth-order valence-electron chi connectivity index (χ4n) is 3.01. The van der Waals surface area contributed by atoms with Crippen molar-refractivity contribution >= 4 is 5.91 Å². The van der Waals surface area contributed by atoms with Crippen molar-refractivity contribution in [3.8, 4) is 0 Å². The zero-order chi connectivity index (χ0) is 15.0. The Morgan fingerprint density at radius 3 is 2.67 bits per heavy atom. The maximum absolute atomic E-state index is 13.1. The lowest BCUT2D eigenvalue weighted by Gasteiger charge is -2.30. The van der Waals surface area contributed by atoms with E-state index >= 15 is 0 Å². The zero-order valence-electron chi connectivity index (χ0n) is 12.4. The van der Waals surface area contributed by atoms with E-state index in [1.165, 1.54) is 12.1 Å². The topological polar surface area (TPSA) is 41.6 Å². The Bertz CT molecular complexity index is 528. The first-order valence-corrected chi connectivity index (χ1v) is 7.42. The van der Waals surface area contributed by atoms with Gasteiger partial charge in [0.1, 0.15) is 17.5 Å². The average molecular weight is 292 g/mol. The van der Waals surface area contributed by atoms with Gasteiger partial charge in [-0.2, -0.15) is 0 Å². The van der Waals surface area contributed by atoms with Crippen LogP contribution in [0.1, 0.15) is 37.9 Å². The van der Waals surface area contributed by atoms with Crippen molar-refractivity contribution < 1.29 is 13.9 Å².